The molecule has 0 saturated carbocycles. The number of anilines is 1. The first-order valence-electron chi connectivity index (χ1n) is 10.7. The van der Waals surface area contributed by atoms with E-state index in [9.17, 15) is 32.9 Å². The number of hydrogen-bond donors (Lipinski definition) is 0. The molecule has 2 bridgehead atoms. The summed E-state index contributed by atoms with van der Waals surface area (Å²) in [5, 5.41) is 12.3. The molecule has 35 heavy (non-hydrogen) atoms. The molecule has 2 atom stereocenters. The molecule has 6 nitrogen and oxygen atoms in total. The number of hydrogen-bond acceptors (Lipinski definition) is 4. The van der Waals surface area contributed by atoms with E-state index >= 15 is 0 Å². The van der Waals surface area contributed by atoms with Crippen LogP contribution in [0.1, 0.15) is 33.7 Å². The van der Waals surface area contributed by atoms with E-state index in [1.165, 1.54) is 0 Å². The quantitative estimate of drug-likeness (QED) is 0.278. The van der Waals surface area contributed by atoms with Gasteiger partial charge in [0.15, 0.2) is 0 Å². The van der Waals surface area contributed by atoms with E-state index in [-0.39, 0.29) is 5.69 Å². The van der Waals surface area contributed by atoms with Gasteiger partial charge in [0.05, 0.1) is 22.2 Å². The monoisotopic (exact) mass is 498 g/mol. The van der Waals surface area contributed by atoms with E-state index in [0.717, 1.165) is 12.1 Å². The summed E-state index contributed by atoms with van der Waals surface area (Å²) in [7, 11) is 0. The fourth-order valence-electron chi connectivity index (χ4n) is 6.17. The van der Waals surface area contributed by atoms with Gasteiger partial charge in [0, 0.05) is 22.0 Å². The second kappa shape index (κ2) is 6.91. The van der Waals surface area contributed by atoms with Crippen LogP contribution in [0.4, 0.5) is 18.9 Å². The molecule has 1 heterocycles. The lowest BCUT2D eigenvalue weighted by Gasteiger charge is -2.48. The smallest absolute Gasteiger partial charge is 0.274 e. The molecule has 176 valence electrons. The van der Waals surface area contributed by atoms with Gasteiger partial charge in [-0.2, -0.15) is 13.2 Å². The van der Waals surface area contributed by atoms with Crippen molar-refractivity contribution in [3.05, 3.63) is 110 Å². The summed E-state index contributed by atoms with van der Waals surface area (Å²) in [6.07, 6.45) is -4.82. The van der Waals surface area contributed by atoms with Gasteiger partial charge in [-0.1, -0.05) is 60.1 Å². The van der Waals surface area contributed by atoms with Crippen LogP contribution < -0.4 is 4.90 Å². The average Bonchev–Trinajstić information content (AvgIpc) is 3.09. The third kappa shape index (κ3) is 2.56. The third-order valence-corrected chi connectivity index (χ3v) is 7.70. The van der Waals surface area contributed by atoms with Crippen LogP contribution in [0.15, 0.2) is 66.7 Å². The van der Waals surface area contributed by atoms with Gasteiger partial charge in [-0.05, 0) is 29.3 Å². The predicted molar refractivity (Wildman–Crippen MR) is 118 cm³/mol. The van der Waals surface area contributed by atoms with Crippen LogP contribution >= 0.6 is 11.6 Å². The normalized spacial score (nSPS) is 26.4. The van der Waals surface area contributed by atoms with E-state index < -0.39 is 56.8 Å². The molecule has 1 aliphatic heterocycles. The zero-order valence-corrected chi connectivity index (χ0v) is 18.4. The minimum atomic E-state index is -4.82. The number of halogens is 4. The van der Waals surface area contributed by atoms with Gasteiger partial charge in [0.1, 0.15) is 5.92 Å². The largest absolute Gasteiger partial charge is 0.417 e. The Morgan fingerprint density at radius 2 is 1.49 bits per heavy atom. The van der Waals surface area contributed by atoms with Crippen molar-refractivity contribution in [2.75, 3.05) is 4.90 Å². The Morgan fingerprint density at radius 3 is 2.03 bits per heavy atom. The number of amides is 2. The summed E-state index contributed by atoms with van der Waals surface area (Å²) in [5.74, 6) is -4.87. The molecule has 1 fully saturated rings. The van der Waals surface area contributed by atoms with Crippen molar-refractivity contribution in [3.8, 4) is 0 Å². The molecule has 0 N–H and O–H groups in total. The van der Waals surface area contributed by atoms with Crippen LogP contribution in [0, 0.1) is 22.0 Å². The Morgan fingerprint density at radius 1 is 0.914 bits per heavy atom. The summed E-state index contributed by atoms with van der Waals surface area (Å²) in [5.41, 5.74) is -1.79. The van der Waals surface area contributed by atoms with Crippen molar-refractivity contribution in [1.82, 2.24) is 0 Å². The zero-order chi connectivity index (χ0) is 24.9. The number of alkyl halides is 3. The van der Waals surface area contributed by atoms with Crippen LogP contribution in [-0.4, -0.2) is 16.7 Å². The molecule has 10 heteroatoms. The maximum Gasteiger partial charge on any atom is 0.417 e. The molecular weight excluding hydrogens is 485 g/mol. The number of nitrogens with zero attached hydrogens (tertiary/aromatic N) is 2. The van der Waals surface area contributed by atoms with Crippen LogP contribution in [0.2, 0.25) is 5.02 Å². The minimum absolute atomic E-state index is 0.322. The van der Waals surface area contributed by atoms with Crippen LogP contribution in [0.25, 0.3) is 0 Å². The molecule has 0 radical (unpaired) electrons. The number of benzene rings is 3. The van der Waals surface area contributed by atoms with Crippen LogP contribution in [-0.2, 0) is 21.3 Å². The number of rotatable bonds is 2. The number of nitro groups is 1. The topological polar surface area (TPSA) is 80.5 Å². The highest BCUT2D eigenvalue weighted by Gasteiger charge is 2.74. The molecular formula is C25H14ClF3N2O4. The minimum Gasteiger partial charge on any atom is -0.274 e. The van der Waals surface area contributed by atoms with Crippen molar-refractivity contribution in [3.63, 3.8) is 0 Å². The SMILES string of the molecule is O=C1[C@@H]2C3c4ccccc4C([N+](=O)[O-])(c4ccccc43)[C@H]2C(=O)N1c1ccc(Cl)c(C(F)(F)F)c1. The fourth-order valence-corrected chi connectivity index (χ4v) is 6.39. The highest BCUT2D eigenvalue weighted by atomic mass is 35.5. The molecule has 3 aromatic rings. The third-order valence-electron chi connectivity index (χ3n) is 7.37. The van der Waals surface area contributed by atoms with Crippen LogP contribution in [0.5, 0.6) is 0 Å². The van der Waals surface area contributed by atoms with E-state index in [1.54, 1.807) is 48.5 Å². The molecule has 3 aromatic carbocycles. The molecule has 1 saturated heterocycles. The lowest BCUT2D eigenvalue weighted by Crippen LogP contribution is -2.57. The second-order valence-electron chi connectivity index (χ2n) is 8.85. The van der Waals surface area contributed by atoms with Crippen molar-refractivity contribution >= 4 is 29.1 Å². The maximum atomic E-state index is 13.8. The molecule has 3 aliphatic carbocycles. The average molecular weight is 499 g/mol. The first-order valence-corrected chi connectivity index (χ1v) is 11.1. The van der Waals surface area contributed by atoms with Crippen molar-refractivity contribution in [2.45, 2.75) is 17.6 Å². The molecule has 0 spiro atoms. The van der Waals surface area contributed by atoms with Gasteiger partial charge in [-0.15, -0.1) is 0 Å². The molecule has 7 rings (SSSR count). The van der Waals surface area contributed by atoms with Gasteiger partial charge in [-0.25, -0.2) is 4.90 Å². The highest BCUT2D eigenvalue weighted by molar-refractivity contribution is 6.31. The van der Waals surface area contributed by atoms with E-state index in [1.807, 2.05) is 0 Å². The maximum absolute atomic E-state index is 13.8. The summed E-state index contributed by atoms with van der Waals surface area (Å²) in [6.45, 7) is 0. The fraction of sp³-hybridized carbons (Fsp3) is 0.200. The second-order valence-corrected chi connectivity index (χ2v) is 9.26. The first kappa shape index (κ1) is 21.8. The zero-order valence-electron chi connectivity index (χ0n) is 17.6. The van der Waals surface area contributed by atoms with Gasteiger partial charge in [-0.3, -0.25) is 19.7 Å². The van der Waals surface area contributed by atoms with E-state index in [0.29, 0.717) is 33.2 Å². The summed E-state index contributed by atoms with van der Waals surface area (Å²) < 4.78 is 40.5. The Bertz CT molecular complexity index is 1420. The summed E-state index contributed by atoms with van der Waals surface area (Å²) in [6, 6.07) is 16.0. The summed E-state index contributed by atoms with van der Waals surface area (Å²) >= 11 is 5.73. The number of carbonyl (C=O) groups is 2. The standard InChI is InChI=1S/C25H14ClF3N2O4/c26-18-10-9-12(11-17(18)25(27,28)29)30-22(32)20-19-13-5-1-3-7-15(13)24(31(34)35,21(20)23(30)33)16-8-4-2-6-14(16)19/h1-11,19-21H/t19?,20-,21-,24?/m1/s1. The molecule has 4 aliphatic rings. The van der Waals surface area contributed by atoms with Crippen molar-refractivity contribution in [1.29, 1.82) is 0 Å². The van der Waals surface area contributed by atoms with Crippen molar-refractivity contribution in [2.24, 2.45) is 11.8 Å². The molecule has 2 amide bonds. The Kier molecular flexibility index (Phi) is 4.30. The molecule has 0 unspecified atom stereocenters. The predicted octanol–water partition coefficient (Wildman–Crippen LogP) is 5.14. The van der Waals surface area contributed by atoms with Gasteiger partial charge in [0.2, 0.25) is 11.8 Å². The number of carbonyl (C=O) groups excluding carboxylic acids is 2. The molecule has 0 aromatic heterocycles. The van der Waals surface area contributed by atoms with E-state index in [2.05, 4.69) is 0 Å². The van der Waals surface area contributed by atoms with Crippen molar-refractivity contribution < 1.29 is 27.7 Å². The van der Waals surface area contributed by atoms with Crippen LogP contribution in [0.3, 0.4) is 0 Å². The lowest BCUT2D eigenvalue weighted by atomic mass is 9.51. The van der Waals surface area contributed by atoms with Gasteiger partial charge >= 0.3 is 6.18 Å². The van der Waals surface area contributed by atoms with Gasteiger partial charge < -0.3 is 0 Å². The Labute approximate surface area is 201 Å². The first-order chi connectivity index (χ1) is 16.6. The number of imide groups is 1. The highest BCUT2D eigenvalue weighted by Crippen LogP contribution is 2.64. The summed E-state index contributed by atoms with van der Waals surface area (Å²) in [4.78, 5) is 40.5. The lowest BCUT2D eigenvalue weighted by molar-refractivity contribution is -0.578. The Hall–Kier alpha value is -3.72. The van der Waals surface area contributed by atoms with Gasteiger partial charge in [0.25, 0.3) is 5.54 Å². The van der Waals surface area contributed by atoms with E-state index in [4.69, 9.17) is 11.6 Å². The Balaban J connectivity index is 1.61.